The third kappa shape index (κ3) is 0.783. The third-order valence-corrected chi connectivity index (χ3v) is 2.05. The maximum atomic E-state index is 3.23. The van der Waals surface area contributed by atoms with E-state index in [1.54, 1.807) is 0 Å². The number of nitrogens with one attached hydrogen (secondary N) is 1. The van der Waals surface area contributed by atoms with Crippen LogP contribution in [0.1, 0.15) is 18.2 Å². The Balaban J connectivity index is 2.39. The molecular weight excluding hydrogens is 122 g/mol. The molecule has 0 radical (unpaired) electrons. The van der Waals surface area contributed by atoms with E-state index in [9.17, 15) is 0 Å². The van der Waals surface area contributed by atoms with E-state index in [-0.39, 0.29) is 0 Å². The summed E-state index contributed by atoms with van der Waals surface area (Å²) in [7, 11) is 0. The Bertz CT molecular complexity index is 268. The van der Waals surface area contributed by atoms with Gasteiger partial charge in [-0.25, -0.2) is 0 Å². The number of allylic oxidation sites excluding steroid dienone is 2. The van der Waals surface area contributed by atoms with E-state index in [4.69, 9.17) is 0 Å². The molecule has 1 heterocycles. The molecule has 1 nitrogen and oxygen atoms in total. The molecule has 10 heavy (non-hydrogen) atoms. The third-order valence-electron chi connectivity index (χ3n) is 2.05. The van der Waals surface area contributed by atoms with Crippen molar-refractivity contribution in [3.05, 3.63) is 35.2 Å². The van der Waals surface area contributed by atoms with Crippen LogP contribution in [0.3, 0.4) is 0 Å². The Labute approximate surface area is 60.8 Å². The lowest BCUT2D eigenvalue weighted by molar-refractivity contribution is 0.993. The molecule has 0 unspecified atom stereocenters. The van der Waals surface area contributed by atoms with E-state index in [2.05, 4.69) is 24.1 Å². The Morgan fingerprint density at radius 3 is 3.30 bits per heavy atom. The summed E-state index contributed by atoms with van der Waals surface area (Å²) in [6.07, 6.45) is 6.54. The van der Waals surface area contributed by atoms with E-state index >= 15 is 0 Å². The van der Waals surface area contributed by atoms with Crippen LogP contribution in [0.5, 0.6) is 0 Å². The lowest BCUT2D eigenvalue weighted by Crippen LogP contribution is -1.98. The topological polar surface area (TPSA) is 15.8 Å². The Morgan fingerprint density at radius 1 is 1.50 bits per heavy atom. The first-order valence-electron chi connectivity index (χ1n) is 3.67. The van der Waals surface area contributed by atoms with Crippen LogP contribution in [0.25, 0.3) is 0 Å². The van der Waals surface area contributed by atoms with Gasteiger partial charge in [0, 0.05) is 18.3 Å². The van der Waals surface area contributed by atoms with Crippen molar-refractivity contribution in [2.24, 2.45) is 0 Å². The zero-order valence-electron chi connectivity index (χ0n) is 6.15. The highest BCUT2D eigenvalue weighted by Crippen LogP contribution is 2.18. The summed E-state index contributed by atoms with van der Waals surface area (Å²) < 4.78 is 0. The molecule has 1 aliphatic carbocycles. The van der Waals surface area contributed by atoms with Gasteiger partial charge in [0.15, 0.2) is 0 Å². The molecule has 0 aromatic carbocycles. The second-order valence-corrected chi connectivity index (χ2v) is 2.91. The van der Waals surface area contributed by atoms with Crippen molar-refractivity contribution in [1.82, 2.24) is 4.98 Å². The van der Waals surface area contributed by atoms with Gasteiger partial charge in [-0.2, -0.15) is 0 Å². The zero-order chi connectivity index (χ0) is 6.97. The first-order chi connectivity index (χ1) is 4.86. The van der Waals surface area contributed by atoms with Crippen LogP contribution < -0.4 is 0 Å². The molecule has 2 rings (SSSR count). The van der Waals surface area contributed by atoms with Crippen LogP contribution in [0.4, 0.5) is 0 Å². The molecule has 0 aliphatic heterocycles. The van der Waals surface area contributed by atoms with Gasteiger partial charge in [-0.05, 0) is 25.0 Å². The van der Waals surface area contributed by atoms with Gasteiger partial charge in [0.05, 0.1) is 0 Å². The van der Waals surface area contributed by atoms with Crippen LogP contribution in [0.2, 0.25) is 0 Å². The largest absolute Gasteiger partial charge is 0.364 e. The van der Waals surface area contributed by atoms with Crippen molar-refractivity contribution in [2.75, 3.05) is 0 Å². The van der Waals surface area contributed by atoms with Gasteiger partial charge in [-0.15, -0.1) is 0 Å². The fourth-order valence-electron chi connectivity index (χ4n) is 1.44. The standard InChI is InChI=1S/C9H11N/c1-7-2-3-9-8(6-7)4-5-10-9/h2,4-5,10H,3,6H2,1H3. The molecule has 0 saturated carbocycles. The molecule has 0 amide bonds. The van der Waals surface area contributed by atoms with Gasteiger partial charge in [0.2, 0.25) is 0 Å². The van der Waals surface area contributed by atoms with E-state index in [0.29, 0.717) is 0 Å². The van der Waals surface area contributed by atoms with Gasteiger partial charge in [0.25, 0.3) is 0 Å². The summed E-state index contributed by atoms with van der Waals surface area (Å²) in [6.45, 7) is 2.19. The second kappa shape index (κ2) is 2.01. The first kappa shape index (κ1) is 5.78. The summed E-state index contributed by atoms with van der Waals surface area (Å²) in [5.41, 5.74) is 4.36. The molecule has 1 aliphatic rings. The maximum Gasteiger partial charge on any atom is 0.0221 e. The molecule has 1 aromatic rings. The molecule has 0 bridgehead atoms. The number of hydrogen-bond donors (Lipinski definition) is 1. The predicted octanol–water partition coefficient (Wildman–Crippen LogP) is 2.06. The Morgan fingerprint density at radius 2 is 2.40 bits per heavy atom. The molecular formula is C9H11N. The van der Waals surface area contributed by atoms with Crippen LogP contribution in [-0.4, -0.2) is 4.98 Å². The van der Waals surface area contributed by atoms with Gasteiger partial charge in [0.1, 0.15) is 0 Å². The van der Waals surface area contributed by atoms with Crippen molar-refractivity contribution < 1.29 is 0 Å². The number of fused-ring (bicyclic) bond motifs is 1. The number of aromatic amines is 1. The van der Waals surface area contributed by atoms with Crippen molar-refractivity contribution in [3.63, 3.8) is 0 Å². The van der Waals surface area contributed by atoms with E-state index in [1.165, 1.54) is 16.8 Å². The molecule has 0 atom stereocenters. The number of H-pyrrole nitrogens is 1. The SMILES string of the molecule is CC1=CCc2[nH]ccc2C1. The highest BCUT2D eigenvalue weighted by molar-refractivity contribution is 5.31. The normalized spacial score (nSPS) is 16.3. The van der Waals surface area contributed by atoms with Gasteiger partial charge < -0.3 is 4.98 Å². The fraction of sp³-hybridized carbons (Fsp3) is 0.333. The monoisotopic (exact) mass is 133 g/mol. The minimum Gasteiger partial charge on any atom is -0.364 e. The van der Waals surface area contributed by atoms with Crippen molar-refractivity contribution in [1.29, 1.82) is 0 Å². The van der Waals surface area contributed by atoms with Crippen LogP contribution in [0, 0.1) is 0 Å². The lowest BCUT2D eigenvalue weighted by Gasteiger charge is -2.08. The number of hydrogen-bond acceptors (Lipinski definition) is 0. The second-order valence-electron chi connectivity index (χ2n) is 2.91. The van der Waals surface area contributed by atoms with Crippen LogP contribution in [-0.2, 0) is 12.8 Å². The highest BCUT2D eigenvalue weighted by atomic mass is 14.7. The minimum absolute atomic E-state index is 1.09. The molecule has 1 heteroatoms. The minimum atomic E-state index is 1.09. The van der Waals surface area contributed by atoms with Crippen molar-refractivity contribution in [2.45, 2.75) is 19.8 Å². The average molecular weight is 133 g/mol. The molecule has 0 saturated heterocycles. The van der Waals surface area contributed by atoms with E-state index < -0.39 is 0 Å². The lowest BCUT2D eigenvalue weighted by atomic mass is 9.99. The number of rotatable bonds is 0. The summed E-state index contributed by atoms with van der Waals surface area (Å²) >= 11 is 0. The maximum absolute atomic E-state index is 3.23. The molecule has 1 N–H and O–H groups in total. The zero-order valence-corrected chi connectivity index (χ0v) is 6.15. The Hall–Kier alpha value is -0.980. The Kier molecular flexibility index (Phi) is 1.16. The summed E-state index contributed by atoms with van der Waals surface area (Å²) in [5, 5.41) is 0. The quantitative estimate of drug-likeness (QED) is 0.521. The van der Waals surface area contributed by atoms with Gasteiger partial charge >= 0.3 is 0 Å². The highest BCUT2D eigenvalue weighted by Gasteiger charge is 2.07. The summed E-state index contributed by atoms with van der Waals surface area (Å²) in [6, 6.07) is 2.17. The predicted molar refractivity (Wildman–Crippen MR) is 42.0 cm³/mol. The van der Waals surface area contributed by atoms with Crippen molar-refractivity contribution >= 4 is 0 Å². The summed E-state index contributed by atoms with van der Waals surface area (Å²) in [4.78, 5) is 3.23. The fourth-order valence-corrected chi connectivity index (χ4v) is 1.44. The average Bonchev–Trinajstić information content (AvgIpc) is 2.33. The van der Waals surface area contributed by atoms with Crippen LogP contribution in [0.15, 0.2) is 23.9 Å². The van der Waals surface area contributed by atoms with Gasteiger partial charge in [-0.1, -0.05) is 11.6 Å². The number of aromatic nitrogens is 1. The molecule has 1 aromatic heterocycles. The first-order valence-corrected chi connectivity index (χ1v) is 3.67. The van der Waals surface area contributed by atoms with Gasteiger partial charge in [-0.3, -0.25) is 0 Å². The summed E-state index contributed by atoms with van der Waals surface area (Å²) in [5.74, 6) is 0. The van der Waals surface area contributed by atoms with E-state index in [0.717, 1.165) is 12.8 Å². The molecule has 52 valence electrons. The van der Waals surface area contributed by atoms with E-state index in [1.807, 2.05) is 6.20 Å². The molecule has 0 fully saturated rings. The van der Waals surface area contributed by atoms with Crippen molar-refractivity contribution in [3.8, 4) is 0 Å². The smallest absolute Gasteiger partial charge is 0.0221 e. The van der Waals surface area contributed by atoms with Crippen LogP contribution >= 0.6 is 0 Å². The molecule has 0 spiro atoms.